The number of amides is 1. The number of hydrogen-bond acceptors (Lipinski definition) is 2. The molecule has 0 bridgehead atoms. The van der Waals surface area contributed by atoms with E-state index >= 15 is 0 Å². The van der Waals surface area contributed by atoms with E-state index in [0.717, 1.165) is 4.47 Å². The number of halogens is 2. The zero-order valence-corrected chi connectivity index (χ0v) is 12.6. The standard InChI is InChI=1S/C16H11BrFNO2/c17-11-3-1-2-10(8-11)16(21)19-7-6-15(20)13-9-12(18)4-5-14(13)19/h1-5,8-9H,6-7H2. The van der Waals surface area contributed by atoms with Crippen molar-refractivity contribution in [1.82, 2.24) is 0 Å². The van der Waals surface area contributed by atoms with Gasteiger partial charge in [-0.05, 0) is 36.4 Å². The van der Waals surface area contributed by atoms with Gasteiger partial charge in [0.25, 0.3) is 5.91 Å². The number of Topliss-reactive ketones (excluding diaryl/α,β-unsaturated/α-hetero) is 1. The molecule has 3 rings (SSSR count). The van der Waals surface area contributed by atoms with Gasteiger partial charge in [-0.2, -0.15) is 0 Å². The van der Waals surface area contributed by atoms with Gasteiger partial charge in [-0.15, -0.1) is 0 Å². The zero-order chi connectivity index (χ0) is 15.0. The number of rotatable bonds is 1. The summed E-state index contributed by atoms with van der Waals surface area (Å²) in [5.74, 6) is -0.807. The Bertz CT molecular complexity index is 745. The Balaban J connectivity index is 2.03. The van der Waals surface area contributed by atoms with Crippen molar-refractivity contribution in [3.63, 3.8) is 0 Å². The minimum atomic E-state index is -0.473. The lowest BCUT2D eigenvalue weighted by Crippen LogP contribution is -2.37. The van der Waals surface area contributed by atoms with Crippen molar-refractivity contribution in [2.24, 2.45) is 0 Å². The van der Waals surface area contributed by atoms with E-state index in [2.05, 4.69) is 15.9 Å². The predicted molar refractivity (Wildman–Crippen MR) is 81.2 cm³/mol. The first kappa shape index (κ1) is 13.9. The summed E-state index contributed by atoms with van der Waals surface area (Å²) >= 11 is 3.33. The van der Waals surface area contributed by atoms with Gasteiger partial charge in [0.2, 0.25) is 0 Å². The minimum Gasteiger partial charge on any atom is -0.307 e. The second-order valence-corrected chi connectivity index (χ2v) is 5.72. The van der Waals surface area contributed by atoms with Crippen LogP contribution in [-0.2, 0) is 0 Å². The van der Waals surface area contributed by atoms with E-state index in [1.165, 1.54) is 23.1 Å². The Morgan fingerprint density at radius 3 is 2.76 bits per heavy atom. The van der Waals surface area contributed by atoms with Gasteiger partial charge in [0.15, 0.2) is 5.78 Å². The third-order valence-corrected chi connectivity index (χ3v) is 3.92. The van der Waals surface area contributed by atoms with Gasteiger partial charge in [-0.3, -0.25) is 9.59 Å². The number of anilines is 1. The van der Waals surface area contributed by atoms with Gasteiger partial charge >= 0.3 is 0 Å². The van der Waals surface area contributed by atoms with Crippen LogP contribution in [0.15, 0.2) is 46.9 Å². The monoisotopic (exact) mass is 347 g/mol. The van der Waals surface area contributed by atoms with Gasteiger partial charge in [0.1, 0.15) is 5.82 Å². The van der Waals surface area contributed by atoms with Crippen molar-refractivity contribution in [3.8, 4) is 0 Å². The van der Waals surface area contributed by atoms with Gasteiger partial charge < -0.3 is 4.90 Å². The fourth-order valence-electron chi connectivity index (χ4n) is 2.42. The summed E-state index contributed by atoms with van der Waals surface area (Å²) < 4.78 is 14.1. The molecule has 3 nitrogen and oxygen atoms in total. The van der Waals surface area contributed by atoms with E-state index in [9.17, 15) is 14.0 Å². The highest BCUT2D eigenvalue weighted by Crippen LogP contribution is 2.29. The van der Waals surface area contributed by atoms with Crippen LogP contribution in [-0.4, -0.2) is 18.2 Å². The molecule has 0 N–H and O–H groups in total. The van der Waals surface area contributed by atoms with Crippen LogP contribution in [0.2, 0.25) is 0 Å². The molecule has 0 radical (unpaired) electrons. The summed E-state index contributed by atoms with van der Waals surface area (Å²) in [6.45, 7) is 0.308. The summed E-state index contributed by atoms with van der Waals surface area (Å²) in [6, 6.07) is 11.0. The Hall–Kier alpha value is -2.01. The Kier molecular flexibility index (Phi) is 3.59. The normalized spacial score (nSPS) is 14.0. The lowest BCUT2D eigenvalue weighted by atomic mass is 9.99. The largest absolute Gasteiger partial charge is 0.307 e. The first-order valence-electron chi connectivity index (χ1n) is 6.46. The molecular weight excluding hydrogens is 337 g/mol. The summed E-state index contributed by atoms with van der Waals surface area (Å²) in [5, 5.41) is 0. The number of hydrogen-bond donors (Lipinski definition) is 0. The van der Waals surface area contributed by atoms with Crippen LogP contribution in [0, 0.1) is 5.82 Å². The van der Waals surface area contributed by atoms with Crippen LogP contribution in [0.25, 0.3) is 0 Å². The summed E-state index contributed by atoms with van der Waals surface area (Å²) in [5.41, 5.74) is 1.26. The lowest BCUT2D eigenvalue weighted by Gasteiger charge is -2.28. The van der Waals surface area contributed by atoms with Gasteiger partial charge in [-0.25, -0.2) is 4.39 Å². The molecule has 0 saturated carbocycles. The highest BCUT2D eigenvalue weighted by atomic mass is 79.9. The zero-order valence-electron chi connectivity index (χ0n) is 11.0. The van der Waals surface area contributed by atoms with Crippen molar-refractivity contribution in [2.45, 2.75) is 6.42 Å². The topological polar surface area (TPSA) is 37.4 Å². The van der Waals surface area contributed by atoms with Crippen molar-refractivity contribution < 1.29 is 14.0 Å². The molecule has 106 valence electrons. The van der Waals surface area contributed by atoms with Crippen LogP contribution in [0.1, 0.15) is 27.1 Å². The van der Waals surface area contributed by atoms with Crippen molar-refractivity contribution >= 4 is 33.3 Å². The third kappa shape index (κ3) is 2.61. The maximum atomic E-state index is 13.3. The van der Waals surface area contributed by atoms with Crippen LogP contribution in [0.4, 0.5) is 10.1 Å². The molecule has 2 aromatic rings. The Morgan fingerprint density at radius 2 is 2.00 bits per heavy atom. The first-order chi connectivity index (χ1) is 10.1. The van der Waals surface area contributed by atoms with E-state index < -0.39 is 5.82 Å². The second kappa shape index (κ2) is 5.41. The average Bonchev–Trinajstić information content (AvgIpc) is 2.47. The number of nitrogens with zero attached hydrogens (tertiary/aromatic N) is 1. The van der Waals surface area contributed by atoms with Crippen molar-refractivity contribution in [1.29, 1.82) is 0 Å². The van der Waals surface area contributed by atoms with Crippen molar-refractivity contribution in [2.75, 3.05) is 11.4 Å². The molecular formula is C16H11BrFNO2. The Labute approximate surface area is 129 Å². The summed E-state index contributed by atoms with van der Waals surface area (Å²) in [4.78, 5) is 26.0. The minimum absolute atomic E-state index is 0.136. The van der Waals surface area contributed by atoms with Gasteiger partial charge in [-0.1, -0.05) is 22.0 Å². The molecule has 0 spiro atoms. The SMILES string of the molecule is O=C1CCN(C(=O)c2cccc(Br)c2)c2ccc(F)cc21. The maximum Gasteiger partial charge on any atom is 0.258 e. The molecule has 2 aromatic carbocycles. The Morgan fingerprint density at radius 1 is 1.19 bits per heavy atom. The molecule has 0 aromatic heterocycles. The number of carbonyl (C=O) groups is 2. The number of fused-ring (bicyclic) bond motifs is 1. The van der Waals surface area contributed by atoms with Crippen molar-refractivity contribution in [3.05, 3.63) is 63.9 Å². The molecule has 21 heavy (non-hydrogen) atoms. The van der Waals surface area contributed by atoms with Crippen LogP contribution < -0.4 is 4.90 Å². The van der Waals surface area contributed by atoms with Crippen LogP contribution >= 0.6 is 15.9 Å². The number of carbonyl (C=O) groups excluding carboxylic acids is 2. The summed E-state index contributed by atoms with van der Waals surface area (Å²) in [6.07, 6.45) is 0.205. The summed E-state index contributed by atoms with van der Waals surface area (Å²) in [7, 11) is 0. The van der Waals surface area contributed by atoms with Crippen LogP contribution in [0.5, 0.6) is 0 Å². The molecule has 0 unspecified atom stereocenters. The smallest absolute Gasteiger partial charge is 0.258 e. The van der Waals surface area contributed by atoms with E-state index in [1.807, 2.05) is 6.07 Å². The quantitative estimate of drug-likeness (QED) is 0.786. The van der Waals surface area contributed by atoms with Crippen LogP contribution in [0.3, 0.4) is 0 Å². The number of ketones is 1. The van der Waals surface area contributed by atoms with E-state index in [4.69, 9.17) is 0 Å². The fourth-order valence-corrected chi connectivity index (χ4v) is 2.82. The fraction of sp³-hybridized carbons (Fsp3) is 0.125. The molecule has 0 fully saturated rings. The van der Waals surface area contributed by atoms with E-state index in [1.54, 1.807) is 18.2 Å². The molecule has 1 aliphatic rings. The highest BCUT2D eigenvalue weighted by Gasteiger charge is 2.28. The first-order valence-corrected chi connectivity index (χ1v) is 7.26. The molecule has 0 atom stereocenters. The molecule has 1 aliphatic heterocycles. The predicted octanol–water partition coefficient (Wildman–Crippen LogP) is 3.82. The maximum absolute atomic E-state index is 13.3. The van der Waals surface area contributed by atoms with Gasteiger partial charge in [0, 0.05) is 28.6 Å². The highest BCUT2D eigenvalue weighted by molar-refractivity contribution is 9.10. The molecule has 1 heterocycles. The van der Waals surface area contributed by atoms with E-state index in [-0.39, 0.29) is 23.7 Å². The second-order valence-electron chi connectivity index (χ2n) is 4.80. The van der Waals surface area contributed by atoms with Gasteiger partial charge in [0.05, 0.1) is 5.69 Å². The third-order valence-electron chi connectivity index (χ3n) is 3.43. The lowest BCUT2D eigenvalue weighted by molar-refractivity contribution is 0.0954. The number of benzene rings is 2. The van der Waals surface area contributed by atoms with E-state index in [0.29, 0.717) is 17.8 Å². The average molecular weight is 348 g/mol. The molecule has 0 aliphatic carbocycles. The molecule has 5 heteroatoms. The molecule has 1 amide bonds. The molecule has 0 saturated heterocycles.